The SMILES string of the molecule is CC(=O)NC(CS(=O)(=O)c1ccc(Br)cc1)C(=O)O. The maximum Gasteiger partial charge on any atom is 0.327 e. The Kier molecular flexibility index (Phi) is 5.07. The molecular formula is C11H12BrNO5S. The molecule has 8 heteroatoms. The number of carbonyl (C=O) groups is 2. The predicted molar refractivity (Wildman–Crippen MR) is 71.4 cm³/mol. The van der Waals surface area contributed by atoms with E-state index in [4.69, 9.17) is 5.11 Å². The van der Waals surface area contributed by atoms with E-state index in [1.54, 1.807) is 12.1 Å². The van der Waals surface area contributed by atoms with E-state index in [0.717, 1.165) is 6.92 Å². The highest BCUT2D eigenvalue weighted by Gasteiger charge is 2.27. The molecule has 0 radical (unpaired) electrons. The number of benzene rings is 1. The molecule has 0 aliphatic heterocycles. The van der Waals surface area contributed by atoms with Crippen LogP contribution in [0.1, 0.15) is 6.92 Å². The number of nitrogens with one attached hydrogen (secondary N) is 1. The van der Waals surface area contributed by atoms with Crippen LogP contribution >= 0.6 is 15.9 Å². The maximum atomic E-state index is 12.0. The van der Waals surface area contributed by atoms with Gasteiger partial charge in [-0.2, -0.15) is 0 Å². The lowest BCUT2D eigenvalue weighted by Crippen LogP contribution is -2.44. The summed E-state index contributed by atoms with van der Waals surface area (Å²) in [5.41, 5.74) is 0. The van der Waals surface area contributed by atoms with Gasteiger partial charge in [0.05, 0.1) is 10.6 Å². The number of sulfone groups is 1. The van der Waals surface area contributed by atoms with Crippen LogP contribution < -0.4 is 5.32 Å². The highest BCUT2D eigenvalue weighted by Crippen LogP contribution is 2.16. The zero-order valence-electron chi connectivity index (χ0n) is 9.96. The van der Waals surface area contributed by atoms with Crippen molar-refractivity contribution < 1.29 is 23.1 Å². The van der Waals surface area contributed by atoms with Crippen molar-refractivity contribution in [3.05, 3.63) is 28.7 Å². The molecule has 0 saturated heterocycles. The number of amides is 1. The number of hydrogen-bond donors (Lipinski definition) is 2. The van der Waals surface area contributed by atoms with Gasteiger partial charge < -0.3 is 10.4 Å². The molecule has 0 aliphatic rings. The first kappa shape index (κ1) is 15.6. The fourth-order valence-corrected chi connectivity index (χ4v) is 3.05. The third-order valence-corrected chi connectivity index (χ3v) is 4.53. The van der Waals surface area contributed by atoms with Crippen LogP contribution in [0.4, 0.5) is 0 Å². The standard InChI is InChI=1S/C11H12BrNO5S/c1-7(14)13-10(11(15)16)6-19(17,18)9-4-2-8(12)3-5-9/h2-5,10H,6H2,1H3,(H,13,14)(H,15,16). The van der Waals surface area contributed by atoms with E-state index in [-0.39, 0.29) is 4.90 Å². The van der Waals surface area contributed by atoms with Crippen LogP contribution in [0.25, 0.3) is 0 Å². The van der Waals surface area contributed by atoms with E-state index < -0.39 is 33.5 Å². The quantitative estimate of drug-likeness (QED) is 0.819. The lowest BCUT2D eigenvalue weighted by Gasteiger charge is -2.13. The second-order valence-corrected chi connectivity index (χ2v) is 6.78. The van der Waals surface area contributed by atoms with Crippen molar-refractivity contribution in [3.8, 4) is 0 Å². The predicted octanol–water partition coefficient (Wildman–Crippen LogP) is 0.812. The van der Waals surface area contributed by atoms with Crippen LogP contribution in [0.3, 0.4) is 0 Å². The fourth-order valence-electron chi connectivity index (χ4n) is 1.38. The summed E-state index contributed by atoms with van der Waals surface area (Å²) in [5.74, 6) is -2.68. The van der Waals surface area contributed by atoms with Gasteiger partial charge in [-0.05, 0) is 24.3 Å². The van der Waals surface area contributed by atoms with E-state index in [1.165, 1.54) is 12.1 Å². The lowest BCUT2D eigenvalue weighted by molar-refractivity contribution is -0.140. The minimum absolute atomic E-state index is 0.00676. The number of carboxylic acid groups (broad SMARTS) is 1. The lowest BCUT2D eigenvalue weighted by atomic mass is 10.3. The first-order valence-electron chi connectivity index (χ1n) is 5.20. The van der Waals surface area contributed by atoms with Gasteiger partial charge in [0.1, 0.15) is 6.04 Å². The Morgan fingerprint density at radius 1 is 1.32 bits per heavy atom. The van der Waals surface area contributed by atoms with Gasteiger partial charge in [0.2, 0.25) is 5.91 Å². The van der Waals surface area contributed by atoms with Crippen molar-refractivity contribution >= 4 is 37.6 Å². The first-order valence-corrected chi connectivity index (χ1v) is 7.65. The average molecular weight is 350 g/mol. The Bertz CT molecular complexity index is 582. The highest BCUT2D eigenvalue weighted by atomic mass is 79.9. The fraction of sp³-hybridized carbons (Fsp3) is 0.273. The summed E-state index contributed by atoms with van der Waals surface area (Å²) in [7, 11) is -3.78. The van der Waals surface area contributed by atoms with Crippen LogP contribution in [0.5, 0.6) is 0 Å². The second-order valence-electron chi connectivity index (χ2n) is 3.83. The zero-order chi connectivity index (χ0) is 14.6. The molecule has 1 unspecified atom stereocenters. The first-order chi connectivity index (χ1) is 8.72. The van der Waals surface area contributed by atoms with Crippen molar-refractivity contribution in [2.75, 3.05) is 5.75 Å². The molecule has 2 N–H and O–H groups in total. The topological polar surface area (TPSA) is 101 Å². The normalized spacial score (nSPS) is 12.7. The van der Waals surface area contributed by atoms with Crippen LogP contribution in [0.15, 0.2) is 33.6 Å². The summed E-state index contributed by atoms with van der Waals surface area (Å²) >= 11 is 3.17. The van der Waals surface area contributed by atoms with E-state index in [0.29, 0.717) is 4.47 Å². The molecule has 6 nitrogen and oxygen atoms in total. The van der Waals surface area contributed by atoms with Crippen LogP contribution in [0, 0.1) is 0 Å². The van der Waals surface area contributed by atoms with Crippen molar-refractivity contribution in [2.45, 2.75) is 17.9 Å². The monoisotopic (exact) mass is 349 g/mol. The second kappa shape index (κ2) is 6.16. The third kappa shape index (κ3) is 4.64. The molecule has 1 amide bonds. The number of aliphatic carboxylic acids is 1. The summed E-state index contributed by atoms with van der Waals surface area (Å²) in [4.78, 5) is 21.8. The summed E-state index contributed by atoms with van der Waals surface area (Å²) in [6.45, 7) is 1.13. The van der Waals surface area contributed by atoms with Gasteiger partial charge in [-0.1, -0.05) is 15.9 Å². The van der Waals surface area contributed by atoms with E-state index in [9.17, 15) is 18.0 Å². The number of carboxylic acids is 1. The third-order valence-electron chi connectivity index (χ3n) is 2.23. The van der Waals surface area contributed by atoms with Crippen molar-refractivity contribution in [2.24, 2.45) is 0 Å². The zero-order valence-corrected chi connectivity index (χ0v) is 12.4. The Morgan fingerprint density at radius 2 is 1.84 bits per heavy atom. The van der Waals surface area contributed by atoms with E-state index >= 15 is 0 Å². The molecule has 0 fully saturated rings. The number of rotatable bonds is 5. The molecule has 19 heavy (non-hydrogen) atoms. The molecule has 0 spiro atoms. The Balaban J connectivity index is 2.97. The molecule has 0 saturated carbocycles. The molecule has 0 bridgehead atoms. The van der Waals surface area contributed by atoms with Gasteiger partial charge in [0.25, 0.3) is 0 Å². The molecule has 1 rings (SSSR count). The summed E-state index contributed by atoms with van der Waals surface area (Å²) in [5, 5.41) is 11.0. The van der Waals surface area contributed by atoms with Gasteiger partial charge in [0.15, 0.2) is 9.84 Å². The van der Waals surface area contributed by atoms with Gasteiger partial charge >= 0.3 is 5.97 Å². The minimum Gasteiger partial charge on any atom is -0.480 e. The summed E-state index contributed by atoms with van der Waals surface area (Å²) in [6.07, 6.45) is 0. The van der Waals surface area contributed by atoms with E-state index in [1.807, 2.05) is 0 Å². The molecule has 0 aliphatic carbocycles. The molecule has 0 heterocycles. The van der Waals surface area contributed by atoms with Gasteiger partial charge in [0, 0.05) is 11.4 Å². The molecule has 1 aromatic rings. The maximum absolute atomic E-state index is 12.0. The van der Waals surface area contributed by atoms with E-state index in [2.05, 4.69) is 21.2 Å². The Hall–Kier alpha value is -1.41. The smallest absolute Gasteiger partial charge is 0.327 e. The van der Waals surface area contributed by atoms with Crippen LogP contribution in [-0.2, 0) is 19.4 Å². The van der Waals surface area contributed by atoms with Crippen LogP contribution in [-0.4, -0.2) is 37.2 Å². The van der Waals surface area contributed by atoms with Gasteiger partial charge in [-0.25, -0.2) is 13.2 Å². The van der Waals surface area contributed by atoms with Crippen molar-refractivity contribution in [3.63, 3.8) is 0 Å². The molecule has 1 atom stereocenters. The Morgan fingerprint density at radius 3 is 2.26 bits per heavy atom. The largest absolute Gasteiger partial charge is 0.480 e. The van der Waals surface area contributed by atoms with Gasteiger partial charge in [-0.3, -0.25) is 4.79 Å². The summed E-state index contributed by atoms with van der Waals surface area (Å²) < 4.78 is 24.7. The van der Waals surface area contributed by atoms with Crippen molar-refractivity contribution in [1.82, 2.24) is 5.32 Å². The highest BCUT2D eigenvalue weighted by molar-refractivity contribution is 9.10. The van der Waals surface area contributed by atoms with Crippen molar-refractivity contribution in [1.29, 1.82) is 0 Å². The number of halogens is 1. The minimum atomic E-state index is -3.78. The molecule has 0 aromatic heterocycles. The van der Waals surface area contributed by atoms with Crippen LogP contribution in [0.2, 0.25) is 0 Å². The molecule has 104 valence electrons. The Labute approximate surface area is 118 Å². The average Bonchev–Trinajstić information content (AvgIpc) is 2.27. The van der Waals surface area contributed by atoms with Gasteiger partial charge in [-0.15, -0.1) is 0 Å². The number of carbonyl (C=O) groups excluding carboxylic acids is 1. The molecule has 1 aromatic carbocycles. The number of hydrogen-bond acceptors (Lipinski definition) is 4. The molecular weight excluding hydrogens is 338 g/mol. The summed E-state index contributed by atoms with van der Waals surface area (Å²) in [6, 6.07) is 4.35.